The molecule has 1 N–H and O–H groups in total. The largest absolute Gasteiger partial charge is 0.313 e. The number of nitrogens with one attached hydrogen (secondary N) is 1. The number of rotatable bonds is 6. The van der Waals surface area contributed by atoms with Crippen molar-refractivity contribution in [3.8, 4) is 0 Å². The molecule has 0 saturated carbocycles. The SMILES string of the molecule is CCCNCC(=Cc1ccccc1C)C(C)C. The smallest absolute Gasteiger partial charge is 0.0170 e. The summed E-state index contributed by atoms with van der Waals surface area (Å²) >= 11 is 0. The first-order valence-corrected chi connectivity index (χ1v) is 6.62. The van der Waals surface area contributed by atoms with E-state index in [1.165, 1.54) is 23.1 Å². The molecule has 94 valence electrons. The van der Waals surface area contributed by atoms with Crippen LogP contribution in [0.3, 0.4) is 0 Å². The molecular weight excluding hydrogens is 206 g/mol. The normalized spacial score (nSPS) is 12.2. The van der Waals surface area contributed by atoms with Crippen molar-refractivity contribution in [1.82, 2.24) is 5.32 Å². The van der Waals surface area contributed by atoms with E-state index in [9.17, 15) is 0 Å². The van der Waals surface area contributed by atoms with Crippen LogP contribution in [-0.4, -0.2) is 13.1 Å². The van der Waals surface area contributed by atoms with Gasteiger partial charge in [0.15, 0.2) is 0 Å². The minimum absolute atomic E-state index is 0.596. The second-order valence-electron chi connectivity index (χ2n) is 4.91. The molecule has 0 heterocycles. The maximum Gasteiger partial charge on any atom is 0.0170 e. The molecule has 1 rings (SSSR count). The highest BCUT2D eigenvalue weighted by Gasteiger charge is 2.04. The van der Waals surface area contributed by atoms with E-state index in [2.05, 4.69) is 63.4 Å². The summed E-state index contributed by atoms with van der Waals surface area (Å²) in [5.74, 6) is 0.596. The predicted octanol–water partition coefficient (Wildman–Crippen LogP) is 4.03. The van der Waals surface area contributed by atoms with Crippen LogP contribution in [0.15, 0.2) is 29.8 Å². The fraction of sp³-hybridized carbons (Fsp3) is 0.500. The molecule has 17 heavy (non-hydrogen) atoms. The molecule has 1 aromatic carbocycles. The van der Waals surface area contributed by atoms with Crippen molar-refractivity contribution >= 4 is 6.08 Å². The zero-order valence-corrected chi connectivity index (χ0v) is 11.6. The Morgan fingerprint density at radius 2 is 2.00 bits per heavy atom. The maximum atomic E-state index is 3.49. The van der Waals surface area contributed by atoms with Gasteiger partial charge in [-0.25, -0.2) is 0 Å². The van der Waals surface area contributed by atoms with Gasteiger partial charge in [0.05, 0.1) is 0 Å². The standard InChI is InChI=1S/C16H25N/c1-5-10-17-12-16(13(2)3)11-15-9-7-6-8-14(15)4/h6-9,11,13,17H,5,10,12H2,1-4H3. The Morgan fingerprint density at radius 1 is 1.29 bits per heavy atom. The van der Waals surface area contributed by atoms with Crippen molar-refractivity contribution in [3.63, 3.8) is 0 Å². The molecule has 0 aliphatic carbocycles. The van der Waals surface area contributed by atoms with Crippen LogP contribution in [0.1, 0.15) is 38.3 Å². The highest BCUT2D eigenvalue weighted by molar-refractivity contribution is 5.57. The van der Waals surface area contributed by atoms with Crippen LogP contribution in [-0.2, 0) is 0 Å². The zero-order valence-electron chi connectivity index (χ0n) is 11.6. The summed E-state index contributed by atoms with van der Waals surface area (Å²) < 4.78 is 0. The lowest BCUT2D eigenvalue weighted by molar-refractivity contribution is 0.657. The lowest BCUT2D eigenvalue weighted by Gasteiger charge is -2.13. The van der Waals surface area contributed by atoms with E-state index in [0.717, 1.165) is 13.1 Å². The van der Waals surface area contributed by atoms with Crippen molar-refractivity contribution in [1.29, 1.82) is 0 Å². The minimum Gasteiger partial charge on any atom is -0.313 e. The third-order valence-corrected chi connectivity index (χ3v) is 3.03. The number of benzene rings is 1. The summed E-state index contributed by atoms with van der Waals surface area (Å²) in [6.45, 7) is 11.0. The maximum absolute atomic E-state index is 3.49. The molecule has 1 aromatic rings. The lowest BCUT2D eigenvalue weighted by Crippen LogP contribution is -2.19. The summed E-state index contributed by atoms with van der Waals surface area (Å²) in [5.41, 5.74) is 4.17. The van der Waals surface area contributed by atoms with Crippen LogP contribution in [0.5, 0.6) is 0 Å². The molecule has 1 heteroatoms. The van der Waals surface area contributed by atoms with Gasteiger partial charge < -0.3 is 5.32 Å². The molecule has 0 fully saturated rings. The molecule has 0 aromatic heterocycles. The Hall–Kier alpha value is -1.08. The average molecular weight is 231 g/mol. The summed E-state index contributed by atoms with van der Waals surface area (Å²) in [4.78, 5) is 0. The van der Waals surface area contributed by atoms with E-state index in [1.54, 1.807) is 0 Å². The van der Waals surface area contributed by atoms with Crippen molar-refractivity contribution < 1.29 is 0 Å². The fourth-order valence-corrected chi connectivity index (χ4v) is 1.78. The average Bonchev–Trinajstić information content (AvgIpc) is 2.30. The monoisotopic (exact) mass is 231 g/mol. The second-order valence-corrected chi connectivity index (χ2v) is 4.91. The van der Waals surface area contributed by atoms with Crippen LogP contribution in [0.25, 0.3) is 6.08 Å². The van der Waals surface area contributed by atoms with E-state index in [1.807, 2.05) is 0 Å². The number of hydrogen-bond donors (Lipinski definition) is 1. The van der Waals surface area contributed by atoms with Gasteiger partial charge in [-0.05, 0) is 36.9 Å². The molecule has 1 nitrogen and oxygen atoms in total. The Morgan fingerprint density at radius 3 is 2.59 bits per heavy atom. The van der Waals surface area contributed by atoms with Crippen LogP contribution < -0.4 is 5.32 Å². The third-order valence-electron chi connectivity index (χ3n) is 3.03. The van der Waals surface area contributed by atoms with Crippen LogP contribution in [0.2, 0.25) is 0 Å². The van der Waals surface area contributed by atoms with Gasteiger partial charge in [0.25, 0.3) is 0 Å². The van der Waals surface area contributed by atoms with Crippen molar-refractivity contribution in [2.24, 2.45) is 5.92 Å². The zero-order chi connectivity index (χ0) is 12.7. The number of aryl methyl sites for hydroxylation is 1. The van der Waals surface area contributed by atoms with Crippen LogP contribution in [0.4, 0.5) is 0 Å². The highest BCUT2D eigenvalue weighted by Crippen LogP contribution is 2.16. The molecule has 0 aliphatic rings. The molecule has 0 unspecified atom stereocenters. The first kappa shape index (κ1) is 14.0. The Balaban J connectivity index is 2.79. The molecule has 0 spiro atoms. The van der Waals surface area contributed by atoms with Crippen LogP contribution >= 0.6 is 0 Å². The van der Waals surface area contributed by atoms with E-state index < -0.39 is 0 Å². The van der Waals surface area contributed by atoms with Gasteiger partial charge in [0, 0.05) is 6.54 Å². The quantitative estimate of drug-likeness (QED) is 0.729. The van der Waals surface area contributed by atoms with Gasteiger partial charge in [-0.2, -0.15) is 0 Å². The molecule has 0 bridgehead atoms. The Bertz CT molecular complexity index is 364. The summed E-state index contributed by atoms with van der Waals surface area (Å²) in [6.07, 6.45) is 3.53. The first-order chi connectivity index (χ1) is 8.15. The lowest BCUT2D eigenvalue weighted by atomic mass is 9.98. The molecular formula is C16H25N. The van der Waals surface area contributed by atoms with Gasteiger partial charge >= 0.3 is 0 Å². The van der Waals surface area contributed by atoms with E-state index in [4.69, 9.17) is 0 Å². The Kier molecular flexibility index (Phi) is 5.99. The van der Waals surface area contributed by atoms with Crippen molar-refractivity contribution in [2.45, 2.75) is 34.1 Å². The fourth-order valence-electron chi connectivity index (χ4n) is 1.78. The van der Waals surface area contributed by atoms with Gasteiger partial charge in [-0.3, -0.25) is 0 Å². The van der Waals surface area contributed by atoms with Gasteiger partial charge in [-0.1, -0.05) is 56.7 Å². The van der Waals surface area contributed by atoms with Crippen LogP contribution in [0, 0.1) is 12.8 Å². The third kappa shape index (κ3) is 4.74. The van der Waals surface area contributed by atoms with Crippen molar-refractivity contribution in [3.05, 3.63) is 41.0 Å². The molecule has 0 saturated heterocycles. The topological polar surface area (TPSA) is 12.0 Å². The second kappa shape index (κ2) is 7.29. The number of hydrogen-bond acceptors (Lipinski definition) is 1. The summed E-state index contributed by atoms with van der Waals surface area (Å²) in [6, 6.07) is 8.56. The van der Waals surface area contributed by atoms with E-state index in [-0.39, 0.29) is 0 Å². The molecule has 0 aliphatic heterocycles. The highest BCUT2D eigenvalue weighted by atomic mass is 14.8. The van der Waals surface area contributed by atoms with Gasteiger partial charge in [-0.15, -0.1) is 0 Å². The van der Waals surface area contributed by atoms with E-state index >= 15 is 0 Å². The van der Waals surface area contributed by atoms with Gasteiger partial charge in [0.2, 0.25) is 0 Å². The van der Waals surface area contributed by atoms with E-state index in [0.29, 0.717) is 5.92 Å². The molecule has 0 amide bonds. The molecule has 0 radical (unpaired) electrons. The minimum atomic E-state index is 0.596. The Labute approximate surface area is 106 Å². The summed E-state index contributed by atoms with van der Waals surface area (Å²) in [7, 11) is 0. The first-order valence-electron chi connectivity index (χ1n) is 6.62. The predicted molar refractivity (Wildman–Crippen MR) is 77.2 cm³/mol. The molecule has 0 atom stereocenters. The summed E-state index contributed by atoms with van der Waals surface area (Å²) in [5, 5.41) is 3.49. The van der Waals surface area contributed by atoms with Crippen molar-refractivity contribution in [2.75, 3.05) is 13.1 Å². The van der Waals surface area contributed by atoms with Gasteiger partial charge in [0.1, 0.15) is 0 Å².